The van der Waals surface area contributed by atoms with Gasteiger partial charge in [0.1, 0.15) is 0 Å². The lowest BCUT2D eigenvalue weighted by Crippen LogP contribution is -1.82. The van der Waals surface area contributed by atoms with Gasteiger partial charge in [-0.1, -0.05) is 0 Å². The molecule has 1 aromatic rings. The lowest BCUT2D eigenvalue weighted by Gasteiger charge is -1.95. The molecule has 0 radical (unpaired) electrons. The van der Waals surface area contributed by atoms with Crippen molar-refractivity contribution in [3.05, 3.63) is 28.0 Å². The Kier molecular flexibility index (Phi) is 0.647. The summed E-state index contributed by atoms with van der Waals surface area (Å²) in [6.45, 7) is -4.62. The Labute approximate surface area is 71.7 Å². The third-order valence-corrected chi connectivity index (χ3v) is 1.45. The van der Waals surface area contributed by atoms with E-state index < -0.39 is 13.7 Å². The summed E-state index contributed by atoms with van der Waals surface area (Å²) < 4.78 is 43.0. The van der Waals surface area contributed by atoms with Gasteiger partial charge in [-0.05, 0) is 41.3 Å². The molecule has 9 heavy (non-hydrogen) atoms. The van der Waals surface area contributed by atoms with Crippen LogP contribution in [0.25, 0.3) is 0 Å². The fourth-order valence-electron chi connectivity index (χ4n) is 0.438. The first-order chi connectivity index (χ1) is 6.62. The summed E-state index contributed by atoms with van der Waals surface area (Å²) in [5.41, 5.74) is -0.113. The first kappa shape index (κ1) is 2.35. The van der Waals surface area contributed by atoms with Gasteiger partial charge in [-0.3, -0.25) is 4.98 Å². The molecule has 0 unspecified atom stereocenters. The number of aryl methyl sites for hydroxylation is 2. The molecule has 0 aliphatic carbocycles. The van der Waals surface area contributed by atoms with E-state index in [0.29, 0.717) is 0 Å². The Balaban J connectivity index is 3.21. The second-order valence-corrected chi connectivity index (χ2v) is 2.41. The molecule has 0 amide bonds. The van der Waals surface area contributed by atoms with E-state index in [0.717, 1.165) is 6.20 Å². The third-order valence-electron chi connectivity index (χ3n) is 0.841. The van der Waals surface area contributed by atoms with E-state index in [2.05, 4.69) is 20.9 Å². The molecule has 0 saturated heterocycles. The maximum Gasteiger partial charge on any atom is 0.0514 e. The second-order valence-electron chi connectivity index (χ2n) is 1.55. The number of rotatable bonds is 0. The van der Waals surface area contributed by atoms with Crippen molar-refractivity contribution in [2.24, 2.45) is 0 Å². The highest BCUT2D eigenvalue weighted by atomic mass is 79.9. The average molecular weight is 192 g/mol. The van der Waals surface area contributed by atoms with Crippen LogP contribution in [0.2, 0.25) is 0 Å². The monoisotopic (exact) mass is 191 g/mol. The molecule has 0 spiro atoms. The van der Waals surface area contributed by atoms with Crippen molar-refractivity contribution in [3.63, 3.8) is 0 Å². The van der Waals surface area contributed by atoms with Gasteiger partial charge < -0.3 is 0 Å². The van der Waals surface area contributed by atoms with E-state index in [1.807, 2.05) is 0 Å². The van der Waals surface area contributed by atoms with Crippen LogP contribution in [0.15, 0.2) is 16.7 Å². The van der Waals surface area contributed by atoms with Gasteiger partial charge in [-0.15, -0.1) is 0 Å². The molecule has 0 fully saturated rings. The highest BCUT2D eigenvalue weighted by molar-refractivity contribution is 9.10. The first-order valence-corrected chi connectivity index (χ1v) is 3.08. The van der Waals surface area contributed by atoms with Crippen molar-refractivity contribution >= 4 is 15.9 Å². The SMILES string of the molecule is [2H]C([2H])([2H])c1cnc(C([2H])([2H])[2H])c(Br)c1. The topological polar surface area (TPSA) is 12.9 Å². The summed E-state index contributed by atoms with van der Waals surface area (Å²) in [6.07, 6.45) is 1.07. The van der Waals surface area contributed by atoms with E-state index in [-0.39, 0.29) is 15.7 Å². The smallest absolute Gasteiger partial charge is 0.0514 e. The van der Waals surface area contributed by atoms with Crippen LogP contribution in [-0.4, -0.2) is 4.98 Å². The molecule has 1 rings (SSSR count). The maximum absolute atomic E-state index is 7.14. The lowest BCUT2D eigenvalue weighted by atomic mass is 10.3. The van der Waals surface area contributed by atoms with Crippen LogP contribution in [0.3, 0.4) is 0 Å². The van der Waals surface area contributed by atoms with Crippen molar-refractivity contribution in [1.29, 1.82) is 0 Å². The Morgan fingerprint density at radius 2 is 2.56 bits per heavy atom. The molecule has 0 saturated carbocycles. The Morgan fingerprint density at radius 1 is 1.67 bits per heavy atom. The Morgan fingerprint density at radius 3 is 3.11 bits per heavy atom. The fourth-order valence-corrected chi connectivity index (χ4v) is 0.787. The van der Waals surface area contributed by atoms with Crippen LogP contribution >= 0.6 is 15.9 Å². The van der Waals surface area contributed by atoms with E-state index in [1.54, 1.807) is 0 Å². The third kappa shape index (κ3) is 1.52. The minimum absolute atomic E-state index is 0.0161. The second kappa shape index (κ2) is 2.48. The molecule has 0 bridgehead atoms. The van der Waals surface area contributed by atoms with E-state index in [4.69, 9.17) is 8.22 Å². The van der Waals surface area contributed by atoms with Gasteiger partial charge >= 0.3 is 0 Å². The van der Waals surface area contributed by atoms with Crippen molar-refractivity contribution < 1.29 is 8.22 Å². The van der Waals surface area contributed by atoms with Gasteiger partial charge in [0.2, 0.25) is 0 Å². The maximum atomic E-state index is 7.14. The largest absolute Gasteiger partial charge is 0.260 e. The number of halogens is 1. The number of hydrogen-bond donors (Lipinski definition) is 0. The van der Waals surface area contributed by atoms with E-state index >= 15 is 0 Å². The van der Waals surface area contributed by atoms with Crippen LogP contribution in [-0.2, 0) is 0 Å². The molecule has 0 N–H and O–H groups in total. The summed E-state index contributed by atoms with van der Waals surface area (Å²) in [4.78, 5) is 3.65. The fraction of sp³-hybridized carbons (Fsp3) is 0.286. The number of nitrogens with zero attached hydrogens (tertiary/aromatic N) is 1. The minimum Gasteiger partial charge on any atom is -0.260 e. The van der Waals surface area contributed by atoms with Gasteiger partial charge in [0.25, 0.3) is 0 Å². The van der Waals surface area contributed by atoms with Gasteiger partial charge in [0.15, 0.2) is 0 Å². The average Bonchev–Trinajstić information content (AvgIpc) is 1.99. The van der Waals surface area contributed by atoms with E-state index in [1.165, 1.54) is 6.07 Å². The molecule has 0 aliphatic rings. The summed E-state index contributed by atoms with van der Waals surface area (Å²) >= 11 is 3.00. The zero-order valence-electron chi connectivity index (χ0n) is 10.5. The van der Waals surface area contributed by atoms with Crippen LogP contribution < -0.4 is 0 Å². The number of hydrogen-bond acceptors (Lipinski definition) is 1. The molecule has 0 atom stereocenters. The summed E-state index contributed by atoms with van der Waals surface area (Å²) in [7, 11) is 0. The quantitative estimate of drug-likeness (QED) is 0.615. The van der Waals surface area contributed by atoms with Crippen molar-refractivity contribution in [2.75, 3.05) is 0 Å². The normalized spacial score (nSPS) is 22.3. The first-order valence-electron chi connectivity index (χ1n) is 5.29. The molecule has 0 aromatic carbocycles. The zero-order chi connectivity index (χ0) is 11.9. The summed E-state index contributed by atoms with van der Waals surface area (Å²) in [5, 5.41) is 0. The molecule has 2 heteroatoms. The molecule has 48 valence electrons. The molecular formula is C7H8BrN. The molecular weight excluding hydrogens is 178 g/mol. The standard InChI is InChI=1S/C7H8BrN/c1-5-3-7(8)6(2)9-4-5/h3-4H,1-2H3/i1D3,2D3. The number of aromatic nitrogens is 1. The van der Waals surface area contributed by atoms with E-state index in [9.17, 15) is 0 Å². The van der Waals surface area contributed by atoms with Gasteiger partial charge in [-0.2, -0.15) is 0 Å². The van der Waals surface area contributed by atoms with Crippen molar-refractivity contribution in [2.45, 2.75) is 13.7 Å². The highest BCUT2D eigenvalue weighted by Gasteiger charge is 1.92. The lowest BCUT2D eigenvalue weighted by molar-refractivity contribution is 1.15. The Hall–Kier alpha value is -0.370. The molecule has 0 aliphatic heterocycles. The van der Waals surface area contributed by atoms with Crippen LogP contribution in [0, 0.1) is 13.7 Å². The highest BCUT2D eigenvalue weighted by Crippen LogP contribution is 2.13. The van der Waals surface area contributed by atoms with Gasteiger partial charge in [0, 0.05) is 18.9 Å². The van der Waals surface area contributed by atoms with Crippen molar-refractivity contribution in [1.82, 2.24) is 4.98 Å². The molecule has 1 nitrogen and oxygen atoms in total. The summed E-state index contributed by atoms with van der Waals surface area (Å²) in [5.74, 6) is 0. The molecule has 1 aromatic heterocycles. The predicted octanol–water partition coefficient (Wildman–Crippen LogP) is 2.46. The van der Waals surface area contributed by atoms with Gasteiger partial charge in [0.05, 0.1) is 5.69 Å². The van der Waals surface area contributed by atoms with Crippen LogP contribution in [0.1, 0.15) is 19.5 Å². The molecule has 1 heterocycles. The van der Waals surface area contributed by atoms with Gasteiger partial charge in [-0.25, -0.2) is 0 Å². The predicted molar refractivity (Wildman–Crippen MR) is 41.4 cm³/mol. The number of pyridine rings is 1. The van der Waals surface area contributed by atoms with Crippen molar-refractivity contribution in [3.8, 4) is 0 Å². The van der Waals surface area contributed by atoms with Crippen LogP contribution in [0.5, 0.6) is 0 Å². The Bertz CT molecular complexity index is 369. The summed E-state index contributed by atoms with van der Waals surface area (Å²) in [6, 6.07) is 1.27. The zero-order valence-corrected chi connectivity index (χ0v) is 6.07. The minimum atomic E-state index is -2.34. The van der Waals surface area contributed by atoms with Crippen LogP contribution in [0.4, 0.5) is 0 Å².